The highest BCUT2D eigenvalue weighted by atomic mass is 32.2. The Morgan fingerprint density at radius 3 is 2.96 bits per heavy atom. The molecule has 2 aromatic carbocycles. The van der Waals surface area contributed by atoms with Crippen LogP contribution >= 0.6 is 11.8 Å². The van der Waals surface area contributed by atoms with Gasteiger partial charge in [-0.25, -0.2) is 0 Å². The van der Waals surface area contributed by atoms with Gasteiger partial charge >= 0.3 is 5.17 Å². The second-order valence-corrected chi connectivity index (χ2v) is 7.66. The molecule has 3 heterocycles. The molecule has 0 aliphatic carbocycles. The van der Waals surface area contributed by atoms with Gasteiger partial charge in [-0.05, 0) is 29.5 Å². The van der Waals surface area contributed by atoms with Gasteiger partial charge in [0, 0.05) is 17.7 Å². The standard InChI is InChI=1S/C20H18N4O3S/c1-26-20(14-5-3-2-4-6-14)18(28-19-21-9-10-24(19)23-20)13-7-8-16-15(11-13)22-17(25)12-27-16/h2-11,18,23H,12H2,1H3,(H,22,25)/q+1. The molecule has 28 heavy (non-hydrogen) atoms. The highest BCUT2D eigenvalue weighted by Crippen LogP contribution is 2.50. The molecular weight excluding hydrogens is 376 g/mol. The minimum Gasteiger partial charge on any atom is -0.482 e. The summed E-state index contributed by atoms with van der Waals surface area (Å²) in [5, 5.41) is 5.45. The minimum atomic E-state index is -0.826. The molecular formula is C20H18N4O3S+. The lowest BCUT2D eigenvalue weighted by molar-refractivity contribution is -0.118. The lowest BCUT2D eigenvalue weighted by atomic mass is 9.93. The molecule has 1 saturated heterocycles. The smallest absolute Gasteiger partial charge is 0.341 e. The van der Waals surface area contributed by atoms with Crippen LogP contribution in [0.4, 0.5) is 5.69 Å². The Morgan fingerprint density at radius 1 is 1.29 bits per heavy atom. The van der Waals surface area contributed by atoms with Crippen molar-refractivity contribution < 1.29 is 14.3 Å². The summed E-state index contributed by atoms with van der Waals surface area (Å²) < 4.78 is 11.6. The van der Waals surface area contributed by atoms with Gasteiger partial charge in [-0.3, -0.25) is 4.79 Å². The van der Waals surface area contributed by atoms with Crippen LogP contribution in [0.1, 0.15) is 16.4 Å². The van der Waals surface area contributed by atoms with Crippen LogP contribution in [0.25, 0.3) is 0 Å². The number of benzene rings is 2. The fraction of sp³-hybridized carbons (Fsp3) is 0.200. The third-order valence-electron chi connectivity index (χ3n) is 4.95. The number of ether oxygens (including phenoxy) is 2. The molecule has 2 atom stereocenters. The molecule has 0 saturated carbocycles. The Morgan fingerprint density at radius 2 is 2.14 bits per heavy atom. The summed E-state index contributed by atoms with van der Waals surface area (Å²) in [5.74, 6) is 0.511. The van der Waals surface area contributed by atoms with Gasteiger partial charge < -0.3 is 14.8 Å². The zero-order valence-electron chi connectivity index (χ0n) is 15.1. The van der Waals surface area contributed by atoms with E-state index in [1.165, 1.54) is 0 Å². The number of anilines is 1. The second kappa shape index (κ2) is 6.75. The molecule has 0 bridgehead atoms. The number of nitrogens with one attached hydrogen (secondary N) is 2. The van der Waals surface area contributed by atoms with Crippen LogP contribution in [0.5, 0.6) is 5.75 Å². The fourth-order valence-corrected chi connectivity index (χ4v) is 4.91. The number of hydrogen-bond acceptors (Lipinski definition) is 7. The molecule has 1 fully saturated rings. The van der Waals surface area contributed by atoms with Crippen molar-refractivity contribution >= 4 is 28.5 Å². The quantitative estimate of drug-likeness (QED) is 0.783. The van der Waals surface area contributed by atoms with Crippen molar-refractivity contribution in [3.05, 3.63) is 72.1 Å². The number of methoxy groups -OCH3 is 1. The summed E-state index contributed by atoms with van der Waals surface area (Å²) >= 11 is 1.61. The van der Waals surface area contributed by atoms with Crippen molar-refractivity contribution in [1.29, 1.82) is 0 Å². The molecule has 0 spiro atoms. The van der Waals surface area contributed by atoms with Gasteiger partial charge in [-0.1, -0.05) is 41.8 Å². The number of nitrogens with zero attached hydrogens (tertiary/aromatic N) is 2. The van der Waals surface area contributed by atoms with Crippen LogP contribution < -0.4 is 20.5 Å². The molecule has 1 amide bonds. The first kappa shape index (κ1) is 17.4. The second-order valence-electron chi connectivity index (χ2n) is 6.59. The maximum absolute atomic E-state index is 11.8. The summed E-state index contributed by atoms with van der Waals surface area (Å²) in [6.45, 7) is 0.0372. The molecule has 2 unspecified atom stereocenters. The predicted molar refractivity (Wildman–Crippen MR) is 108 cm³/mol. The topological polar surface area (TPSA) is 77.9 Å². The lowest BCUT2D eigenvalue weighted by Gasteiger charge is -2.41. The summed E-state index contributed by atoms with van der Waals surface area (Å²) in [4.78, 5) is 16.2. The van der Waals surface area contributed by atoms with Crippen molar-refractivity contribution in [1.82, 2.24) is 10.4 Å². The van der Waals surface area contributed by atoms with Gasteiger partial charge in [0.05, 0.1) is 17.1 Å². The van der Waals surface area contributed by atoms with E-state index in [0.29, 0.717) is 11.4 Å². The van der Waals surface area contributed by atoms with Gasteiger partial charge in [-0.2, -0.15) is 4.99 Å². The fourth-order valence-electron chi connectivity index (χ4n) is 3.63. The van der Waals surface area contributed by atoms with E-state index in [4.69, 9.17) is 9.47 Å². The Bertz CT molecular complexity index is 994. The van der Waals surface area contributed by atoms with Crippen molar-refractivity contribution in [3.63, 3.8) is 0 Å². The Balaban J connectivity index is 1.62. The minimum absolute atomic E-state index is 0.0372. The molecule has 141 valence electrons. The SMILES string of the molecule is COC1(c2ccccc2)N[N+]2C=CN=C2SC1c1ccc2c(c1)NC(=O)CO2. The summed E-state index contributed by atoms with van der Waals surface area (Å²) in [6, 6.07) is 15.9. The van der Waals surface area contributed by atoms with Crippen molar-refractivity contribution in [2.45, 2.75) is 11.0 Å². The van der Waals surface area contributed by atoms with E-state index in [0.717, 1.165) is 16.3 Å². The highest BCUT2D eigenvalue weighted by Gasteiger charge is 2.55. The van der Waals surface area contributed by atoms with E-state index in [1.807, 2.05) is 59.7 Å². The van der Waals surface area contributed by atoms with Crippen molar-refractivity contribution in [2.24, 2.45) is 4.99 Å². The predicted octanol–water partition coefficient (Wildman–Crippen LogP) is 2.79. The molecule has 1 radical (unpaired) electrons. The van der Waals surface area contributed by atoms with Crippen molar-refractivity contribution in [2.75, 3.05) is 19.0 Å². The highest BCUT2D eigenvalue weighted by molar-refractivity contribution is 8.14. The molecule has 3 aliphatic rings. The van der Waals surface area contributed by atoms with Crippen LogP contribution in [-0.4, -0.2) is 24.8 Å². The number of thioether (sulfide) groups is 1. The van der Waals surface area contributed by atoms with Crippen molar-refractivity contribution in [3.8, 4) is 5.75 Å². The molecule has 7 nitrogen and oxygen atoms in total. The Kier molecular flexibility index (Phi) is 4.21. The van der Waals surface area contributed by atoms with Gasteiger partial charge in [0.25, 0.3) is 5.91 Å². The maximum Gasteiger partial charge on any atom is 0.341 e. The van der Waals surface area contributed by atoms with Crippen LogP contribution in [-0.2, 0) is 15.3 Å². The van der Waals surface area contributed by atoms with E-state index < -0.39 is 5.72 Å². The van der Waals surface area contributed by atoms with Gasteiger partial charge in [0.1, 0.15) is 5.75 Å². The van der Waals surface area contributed by atoms with Gasteiger partial charge in [0.2, 0.25) is 5.72 Å². The number of carbonyl (C=O) groups excluding carboxylic acids is 1. The molecule has 2 N–H and O–H groups in total. The first-order valence-corrected chi connectivity index (χ1v) is 9.73. The first-order chi connectivity index (χ1) is 13.7. The molecule has 3 aliphatic heterocycles. The number of amides is 1. The third kappa shape index (κ3) is 2.73. The molecule has 5 rings (SSSR count). The number of rotatable bonds is 3. The summed E-state index contributed by atoms with van der Waals surface area (Å²) in [6.07, 6.45) is 3.63. The number of amidine groups is 1. The number of carbonyl (C=O) groups is 1. The maximum atomic E-state index is 11.8. The monoisotopic (exact) mass is 394 g/mol. The normalized spacial score (nSPS) is 26.1. The average molecular weight is 394 g/mol. The van der Waals surface area contributed by atoms with E-state index in [2.05, 4.69) is 15.7 Å². The summed E-state index contributed by atoms with van der Waals surface area (Å²) in [7, 11) is 1.69. The van der Waals surface area contributed by atoms with Crippen LogP contribution in [0.15, 0.2) is 65.9 Å². The first-order valence-electron chi connectivity index (χ1n) is 8.85. The third-order valence-corrected chi connectivity index (χ3v) is 6.30. The van der Waals surface area contributed by atoms with E-state index >= 15 is 0 Å². The van der Waals surface area contributed by atoms with Gasteiger partial charge in [-0.15, -0.1) is 0 Å². The Labute approximate surface area is 166 Å². The van der Waals surface area contributed by atoms with Gasteiger partial charge in [0.15, 0.2) is 12.8 Å². The number of hydrazine groups is 1. The van der Waals surface area contributed by atoms with Crippen LogP contribution in [0, 0.1) is 0 Å². The summed E-state index contributed by atoms with van der Waals surface area (Å²) in [5.41, 5.74) is 5.31. The van der Waals surface area contributed by atoms with E-state index in [1.54, 1.807) is 25.1 Å². The lowest BCUT2D eigenvalue weighted by Crippen LogP contribution is -2.61. The average Bonchev–Trinajstić information content (AvgIpc) is 3.20. The van der Waals surface area contributed by atoms with Crippen LogP contribution in [0.2, 0.25) is 0 Å². The molecule has 8 heteroatoms. The largest absolute Gasteiger partial charge is 0.482 e. The van der Waals surface area contributed by atoms with E-state index in [-0.39, 0.29) is 17.8 Å². The molecule has 2 aromatic rings. The molecule has 0 aromatic heterocycles. The zero-order valence-corrected chi connectivity index (χ0v) is 15.9. The zero-order chi connectivity index (χ0) is 19.1. The van der Waals surface area contributed by atoms with E-state index in [9.17, 15) is 4.79 Å². The number of aliphatic imine (C=N–C) groups is 1. The Hall–Kier alpha value is -2.65. The van der Waals surface area contributed by atoms with Crippen LogP contribution in [0.3, 0.4) is 0 Å². The number of fused-ring (bicyclic) bond motifs is 2. The number of hydrogen-bond donors (Lipinski definition) is 2.